The Morgan fingerprint density at radius 2 is 2.24 bits per heavy atom. The Morgan fingerprint density at radius 3 is 2.76 bits per heavy atom. The SMILES string of the molecule is CC(C)CC(CN)C(=O)NCC1CCCCS1. The molecule has 1 saturated heterocycles. The minimum atomic E-state index is -0.0106. The van der Waals surface area contributed by atoms with Gasteiger partial charge in [0.1, 0.15) is 0 Å². The van der Waals surface area contributed by atoms with E-state index in [1.54, 1.807) is 0 Å². The van der Waals surface area contributed by atoms with Gasteiger partial charge in [-0.3, -0.25) is 4.79 Å². The fourth-order valence-corrected chi connectivity index (χ4v) is 3.45. The van der Waals surface area contributed by atoms with Gasteiger partial charge in [0, 0.05) is 18.3 Å². The normalized spacial score (nSPS) is 22.5. The molecule has 0 spiro atoms. The number of amides is 1. The van der Waals surface area contributed by atoms with Gasteiger partial charge in [0.05, 0.1) is 5.92 Å². The Balaban J connectivity index is 2.26. The molecule has 0 aromatic heterocycles. The van der Waals surface area contributed by atoms with E-state index in [0.717, 1.165) is 13.0 Å². The van der Waals surface area contributed by atoms with Crippen LogP contribution in [0.15, 0.2) is 0 Å². The highest BCUT2D eigenvalue weighted by Gasteiger charge is 2.20. The van der Waals surface area contributed by atoms with E-state index in [0.29, 0.717) is 17.7 Å². The van der Waals surface area contributed by atoms with E-state index < -0.39 is 0 Å². The topological polar surface area (TPSA) is 55.1 Å². The van der Waals surface area contributed by atoms with Crippen molar-refractivity contribution >= 4 is 17.7 Å². The van der Waals surface area contributed by atoms with Crippen LogP contribution in [0.2, 0.25) is 0 Å². The van der Waals surface area contributed by atoms with Crippen molar-refractivity contribution in [3.63, 3.8) is 0 Å². The summed E-state index contributed by atoms with van der Waals surface area (Å²) < 4.78 is 0. The number of nitrogens with two attached hydrogens (primary N) is 1. The van der Waals surface area contributed by atoms with E-state index in [-0.39, 0.29) is 11.8 Å². The van der Waals surface area contributed by atoms with Gasteiger partial charge < -0.3 is 11.1 Å². The fourth-order valence-electron chi connectivity index (χ4n) is 2.21. The Labute approximate surface area is 109 Å². The number of hydrogen-bond acceptors (Lipinski definition) is 3. The van der Waals surface area contributed by atoms with Gasteiger partial charge in [0.2, 0.25) is 5.91 Å². The monoisotopic (exact) mass is 258 g/mol. The maximum Gasteiger partial charge on any atom is 0.224 e. The zero-order valence-electron chi connectivity index (χ0n) is 11.1. The van der Waals surface area contributed by atoms with Crippen LogP contribution in [0.3, 0.4) is 0 Å². The highest BCUT2D eigenvalue weighted by Crippen LogP contribution is 2.24. The van der Waals surface area contributed by atoms with Crippen LogP contribution in [0.1, 0.15) is 39.5 Å². The molecule has 0 aliphatic carbocycles. The third kappa shape index (κ3) is 5.77. The van der Waals surface area contributed by atoms with E-state index in [4.69, 9.17) is 5.73 Å². The second-order valence-corrected chi connectivity index (χ2v) is 6.70. The molecule has 3 nitrogen and oxygen atoms in total. The smallest absolute Gasteiger partial charge is 0.224 e. The summed E-state index contributed by atoms with van der Waals surface area (Å²) in [6, 6.07) is 0. The Morgan fingerprint density at radius 1 is 1.47 bits per heavy atom. The zero-order valence-corrected chi connectivity index (χ0v) is 11.9. The van der Waals surface area contributed by atoms with Crippen molar-refractivity contribution in [1.82, 2.24) is 5.32 Å². The summed E-state index contributed by atoms with van der Waals surface area (Å²) in [5.74, 6) is 1.90. The molecule has 0 radical (unpaired) electrons. The van der Waals surface area contributed by atoms with Crippen molar-refractivity contribution in [3.05, 3.63) is 0 Å². The molecule has 1 aliphatic rings. The van der Waals surface area contributed by atoms with Crippen LogP contribution >= 0.6 is 11.8 Å². The molecule has 1 amide bonds. The molecule has 1 aliphatic heterocycles. The van der Waals surface area contributed by atoms with Crippen molar-refractivity contribution in [3.8, 4) is 0 Å². The van der Waals surface area contributed by atoms with Gasteiger partial charge in [-0.15, -0.1) is 0 Å². The molecule has 0 aromatic rings. The summed E-state index contributed by atoms with van der Waals surface area (Å²) in [5, 5.41) is 3.68. The molecule has 0 saturated carbocycles. The van der Waals surface area contributed by atoms with Crippen LogP contribution in [0, 0.1) is 11.8 Å². The second-order valence-electron chi connectivity index (χ2n) is 5.30. The number of hydrogen-bond donors (Lipinski definition) is 2. The number of carbonyl (C=O) groups excluding carboxylic acids is 1. The lowest BCUT2D eigenvalue weighted by molar-refractivity contribution is -0.125. The minimum Gasteiger partial charge on any atom is -0.355 e. The molecule has 2 unspecified atom stereocenters. The summed E-state index contributed by atoms with van der Waals surface area (Å²) in [5.41, 5.74) is 5.66. The molecule has 3 N–H and O–H groups in total. The van der Waals surface area contributed by atoms with Gasteiger partial charge in [0.25, 0.3) is 0 Å². The van der Waals surface area contributed by atoms with Gasteiger partial charge in [-0.2, -0.15) is 11.8 Å². The number of nitrogens with one attached hydrogen (secondary N) is 1. The number of rotatable bonds is 6. The Bertz CT molecular complexity index is 227. The summed E-state index contributed by atoms with van der Waals surface area (Å²) in [6.07, 6.45) is 4.76. The average molecular weight is 258 g/mol. The quantitative estimate of drug-likeness (QED) is 0.766. The Kier molecular flexibility index (Phi) is 6.97. The maximum absolute atomic E-state index is 12.0. The Hall–Kier alpha value is -0.220. The van der Waals surface area contributed by atoms with Crippen LogP contribution < -0.4 is 11.1 Å². The van der Waals surface area contributed by atoms with Crippen molar-refractivity contribution in [2.75, 3.05) is 18.8 Å². The predicted molar refractivity (Wildman–Crippen MR) is 75.1 cm³/mol. The fraction of sp³-hybridized carbons (Fsp3) is 0.923. The first-order chi connectivity index (χ1) is 8.13. The molecular formula is C13H26N2OS. The van der Waals surface area contributed by atoms with Gasteiger partial charge in [-0.25, -0.2) is 0 Å². The molecule has 17 heavy (non-hydrogen) atoms. The van der Waals surface area contributed by atoms with Crippen molar-refractivity contribution < 1.29 is 4.79 Å². The number of thioether (sulfide) groups is 1. The van der Waals surface area contributed by atoms with Crippen LogP contribution in [0.4, 0.5) is 0 Å². The van der Waals surface area contributed by atoms with Crippen LogP contribution in [-0.2, 0) is 4.79 Å². The molecule has 1 rings (SSSR count). The highest BCUT2D eigenvalue weighted by atomic mass is 32.2. The van der Waals surface area contributed by atoms with E-state index in [2.05, 4.69) is 19.2 Å². The van der Waals surface area contributed by atoms with Gasteiger partial charge in [-0.05, 0) is 30.9 Å². The third-order valence-electron chi connectivity index (χ3n) is 3.19. The lowest BCUT2D eigenvalue weighted by atomic mass is 9.96. The predicted octanol–water partition coefficient (Wildman–Crippen LogP) is 2.01. The van der Waals surface area contributed by atoms with Crippen LogP contribution in [-0.4, -0.2) is 30.0 Å². The summed E-state index contributed by atoms with van der Waals surface area (Å²) >= 11 is 1.99. The van der Waals surface area contributed by atoms with Crippen molar-refractivity contribution in [2.24, 2.45) is 17.6 Å². The molecule has 0 bridgehead atoms. The third-order valence-corrected chi connectivity index (χ3v) is 4.59. The van der Waals surface area contributed by atoms with E-state index in [1.165, 1.54) is 25.0 Å². The van der Waals surface area contributed by atoms with E-state index >= 15 is 0 Å². The maximum atomic E-state index is 12.0. The lowest BCUT2D eigenvalue weighted by Gasteiger charge is -2.23. The van der Waals surface area contributed by atoms with Crippen molar-refractivity contribution in [2.45, 2.75) is 44.8 Å². The first kappa shape index (κ1) is 14.8. The highest BCUT2D eigenvalue weighted by molar-refractivity contribution is 7.99. The van der Waals surface area contributed by atoms with E-state index in [9.17, 15) is 4.79 Å². The molecule has 1 heterocycles. The lowest BCUT2D eigenvalue weighted by Crippen LogP contribution is -2.39. The zero-order chi connectivity index (χ0) is 12.7. The molecule has 100 valence electrons. The molecule has 0 aromatic carbocycles. The molecule has 4 heteroatoms. The van der Waals surface area contributed by atoms with E-state index in [1.807, 2.05) is 11.8 Å². The molecule has 2 atom stereocenters. The molecule has 1 fully saturated rings. The second kappa shape index (κ2) is 7.98. The summed E-state index contributed by atoms with van der Waals surface area (Å²) in [7, 11) is 0. The van der Waals surface area contributed by atoms with Crippen molar-refractivity contribution in [1.29, 1.82) is 0 Å². The van der Waals surface area contributed by atoms with Crippen LogP contribution in [0.5, 0.6) is 0 Å². The first-order valence-corrected chi connectivity index (χ1v) is 7.77. The summed E-state index contributed by atoms with van der Waals surface area (Å²) in [4.78, 5) is 12.0. The average Bonchev–Trinajstić information content (AvgIpc) is 2.34. The van der Waals surface area contributed by atoms with Gasteiger partial charge in [-0.1, -0.05) is 20.3 Å². The molecular weight excluding hydrogens is 232 g/mol. The largest absolute Gasteiger partial charge is 0.355 e. The first-order valence-electron chi connectivity index (χ1n) is 6.72. The van der Waals surface area contributed by atoms with Crippen LogP contribution in [0.25, 0.3) is 0 Å². The minimum absolute atomic E-state index is 0.0106. The summed E-state index contributed by atoms with van der Waals surface area (Å²) in [6.45, 7) is 5.54. The number of carbonyl (C=O) groups is 1. The standard InChI is InChI=1S/C13H26N2OS/c1-10(2)7-11(8-14)13(16)15-9-12-5-3-4-6-17-12/h10-12H,3-9,14H2,1-2H3,(H,15,16). The van der Waals surface area contributed by atoms with Gasteiger partial charge >= 0.3 is 0 Å². The van der Waals surface area contributed by atoms with Gasteiger partial charge in [0.15, 0.2) is 0 Å².